The molecule has 2 aromatic carbocycles. The van der Waals surface area contributed by atoms with Crippen LogP contribution >= 0.6 is 12.2 Å². The van der Waals surface area contributed by atoms with Gasteiger partial charge in [0.15, 0.2) is 5.11 Å². The van der Waals surface area contributed by atoms with Gasteiger partial charge in [-0.3, -0.25) is 4.79 Å². The maximum atomic E-state index is 12.4. The number of likely N-dealkylation sites (N-methyl/N-ethyl adjacent to an activating group) is 1. The molecule has 0 fully saturated rings. The lowest BCUT2D eigenvalue weighted by Crippen LogP contribution is -3.06. The van der Waals surface area contributed by atoms with Crippen LogP contribution in [0.2, 0.25) is 0 Å². The standard InChI is InChI=1S/C20H26N4O2S/c1-4-26-18-11-9-16(10-12-18)22-19(25)15-5-7-17(8-6-15)23-20(27)21-13-14-24(2)3/h5-12H,4,13-14H2,1-3H3,(H,22,25)(H2,21,23,27)/p+1. The minimum atomic E-state index is -0.166. The van der Waals surface area contributed by atoms with Gasteiger partial charge in [-0.1, -0.05) is 0 Å². The summed E-state index contributed by atoms with van der Waals surface area (Å²) >= 11 is 5.27. The van der Waals surface area contributed by atoms with Crippen molar-refractivity contribution in [2.75, 3.05) is 44.4 Å². The summed E-state index contributed by atoms with van der Waals surface area (Å²) in [6.45, 7) is 4.33. The molecule has 2 rings (SSSR count). The Bertz CT molecular complexity index is 746. The molecule has 0 bridgehead atoms. The van der Waals surface area contributed by atoms with Gasteiger partial charge in [-0.2, -0.15) is 0 Å². The van der Waals surface area contributed by atoms with Gasteiger partial charge >= 0.3 is 0 Å². The quantitative estimate of drug-likeness (QED) is 0.520. The van der Waals surface area contributed by atoms with Gasteiger partial charge in [0.25, 0.3) is 5.91 Å². The highest BCUT2D eigenvalue weighted by Crippen LogP contribution is 2.17. The van der Waals surface area contributed by atoms with Crippen molar-refractivity contribution in [3.8, 4) is 5.75 Å². The van der Waals surface area contributed by atoms with Gasteiger partial charge < -0.3 is 25.6 Å². The molecule has 0 aromatic heterocycles. The lowest BCUT2D eigenvalue weighted by atomic mass is 10.2. The molecule has 0 atom stereocenters. The van der Waals surface area contributed by atoms with E-state index >= 15 is 0 Å². The normalized spacial score (nSPS) is 10.4. The number of hydrogen-bond donors (Lipinski definition) is 4. The number of nitrogens with one attached hydrogen (secondary N) is 4. The molecule has 0 spiro atoms. The maximum absolute atomic E-state index is 12.4. The van der Waals surface area contributed by atoms with E-state index in [1.807, 2.05) is 43.3 Å². The first-order chi connectivity index (χ1) is 13.0. The molecule has 0 aliphatic rings. The lowest BCUT2D eigenvalue weighted by Gasteiger charge is -2.12. The number of benzene rings is 2. The molecule has 0 unspecified atom stereocenters. The van der Waals surface area contributed by atoms with Crippen molar-refractivity contribution in [2.24, 2.45) is 0 Å². The zero-order valence-electron chi connectivity index (χ0n) is 16.0. The number of carbonyl (C=O) groups excluding carboxylic acids is 1. The first-order valence-corrected chi connectivity index (χ1v) is 9.37. The molecule has 0 saturated heterocycles. The molecule has 1 amide bonds. The molecule has 7 heteroatoms. The summed E-state index contributed by atoms with van der Waals surface area (Å²) in [5.41, 5.74) is 2.13. The van der Waals surface area contributed by atoms with E-state index in [9.17, 15) is 4.79 Å². The molecular formula is C20H27N4O2S+. The van der Waals surface area contributed by atoms with Gasteiger partial charge in [0, 0.05) is 16.9 Å². The third kappa shape index (κ3) is 7.24. The van der Waals surface area contributed by atoms with Crippen LogP contribution in [0.3, 0.4) is 0 Å². The first kappa shape index (κ1) is 20.7. The van der Waals surface area contributed by atoms with Gasteiger partial charge in [0.1, 0.15) is 5.75 Å². The number of carbonyl (C=O) groups is 1. The van der Waals surface area contributed by atoms with Crippen molar-refractivity contribution in [1.29, 1.82) is 0 Å². The average Bonchev–Trinajstić information content (AvgIpc) is 2.64. The van der Waals surface area contributed by atoms with E-state index in [0.29, 0.717) is 17.3 Å². The summed E-state index contributed by atoms with van der Waals surface area (Å²) in [5, 5.41) is 9.71. The zero-order chi connectivity index (χ0) is 19.6. The maximum Gasteiger partial charge on any atom is 0.255 e. The Labute approximate surface area is 165 Å². The fourth-order valence-corrected chi connectivity index (χ4v) is 2.53. The van der Waals surface area contributed by atoms with Crippen LogP contribution in [0, 0.1) is 0 Å². The number of quaternary nitrogens is 1. The third-order valence-electron chi connectivity index (χ3n) is 3.74. The second-order valence-corrected chi connectivity index (χ2v) is 6.74. The van der Waals surface area contributed by atoms with Crippen LogP contribution in [0.25, 0.3) is 0 Å². The third-order valence-corrected chi connectivity index (χ3v) is 3.99. The predicted molar refractivity (Wildman–Crippen MR) is 114 cm³/mol. The summed E-state index contributed by atoms with van der Waals surface area (Å²) in [4.78, 5) is 13.7. The van der Waals surface area contributed by atoms with Crippen molar-refractivity contribution in [3.05, 3.63) is 54.1 Å². The van der Waals surface area contributed by atoms with E-state index in [1.54, 1.807) is 12.1 Å². The Balaban J connectivity index is 1.86. The smallest absolute Gasteiger partial charge is 0.255 e. The van der Waals surface area contributed by atoms with Gasteiger partial charge in [-0.05, 0) is 67.7 Å². The molecule has 144 valence electrons. The molecule has 0 radical (unpaired) electrons. The Kier molecular flexibility index (Phi) is 8.03. The van der Waals surface area contributed by atoms with E-state index in [2.05, 4.69) is 30.0 Å². The fourth-order valence-electron chi connectivity index (χ4n) is 2.31. The van der Waals surface area contributed by atoms with Gasteiger partial charge in [-0.15, -0.1) is 0 Å². The van der Waals surface area contributed by atoms with E-state index in [-0.39, 0.29) is 5.91 Å². The number of amides is 1. The Morgan fingerprint density at radius 2 is 1.59 bits per heavy atom. The molecule has 4 N–H and O–H groups in total. The number of ether oxygens (including phenoxy) is 1. The number of rotatable bonds is 8. The van der Waals surface area contributed by atoms with E-state index in [1.165, 1.54) is 4.90 Å². The van der Waals surface area contributed by atoms with Crippen LogP contribution in [-0.4, -0.2) is 44.8 Å². The van der Waals surface area contributed by atoms with Crippen LogP contribution in [0.4, 0.5) is 11.4 Å². The Hall–Kier alpha value is -2.64. The van der Waals surface area contributed by atoms with Crippen molar-refractivity contribution in [1.82, 2.24) is 5.32 Å². The highest BCUT2D eigenvalue weighted by Gasteiger charge is 2.07. The van der Waals surface area contributed by atoms with Crippen LogP contribution in [0.1, 0.15) is 17.3 Å². The van der Waals surface area contributed by atoms with Crippen molar-refractivity contribution >= 4 is 34.6 Å². The highest BCUT2D eigenvalue weighted by atomic mass is 32.1. The molecule has 0 aliphatic heterocycles. The van der Waals surface area contributed by atoms with Crippen LogP contribution in [0.5, 0.6) is 5.75 Å². The van der Waals surface area contributed by atoms with E-state index < -0.39 is 0 Å². The van der Waals surface area contributed by atoms with Gasteiger partial charge in [0.05, 0.1) is 33.8 Å². The summed E-state index contributed by atoms with van der Waals surface area (Å²) in [5.74, 6) is 0.614. The van der Waals surface area contributed by atoms with E-state index in [4.69, 9.17) is 17.0 Å². The average molecular weight is 388 g/mol. The zero-order valence-corrected chi connectivity index (χ0v) is 16.8. The summed E-state index contributed by atoms with van der Waals surface area (Å²) in [7, 11) is 4.19. The molecule has 0 saturated carbocycles. The van der Waals surface area contributed by atoms with Crippen molar-refractivity contribution in [3.63, 3.8) is 0 Å². The SMILES string of the molecule is CCOc1ccc(NC(=O)c2ccc(NC(=S)NCC[NH+](C)C)cc2)cc1. The Morgan fingerprint density at radius 1 is 1.00 bits per heavy atom. The van der Waals surface area contributed by atoms with Crippen LogP contribution < -0.4 is 25.6 Å². The molecule has 6 nitrogen and oxygen atoms in total. The number of hydrogen-bond acceptors (Lipinski definition) is 3. The minimum Gasteiger partial charge on any atom is -0.494 e. The first-order valence-electron chi connectivity index (χ1n) is 8.96. The highest BCUT2D eigenvalue weighted by molar-refractivity contribution is 7.80. The molecular weight excluding hydrogens is 360 g/mol. The number of thiocarbonyl (C=S) groups is 1. The monoisotopic (exact) mass is 387 g/mol. The van der Waals surface area contributed by atoms with Crippen LogP contribution in [0.15, 0.2) is 48.5 Å². The predicted octanol–water partition coefficient (Wildman–Crippen LogP) is 1.77. The second-order valence-electron chi connectivity index (χ2n) is 6.33. The molecule has 0 heterocycles. The topological polar surface area (TPSA) is 66.8 Å². The lowest BCUT2D eigenvalue weighted by molar-refractivity contribution is -0.856. The van der Waals surface area contributed by atoms with Gasteiger partial charge in [0.2, 0.25) is 0 Å². The summed E-state index contributed by atoms with van der Waals surface area (Å²) in [6.07, 6.45) is 0. The summed E-state index contributed by atoms with van der Waals surface area (Å²) in [6, 6.07) is 14.5. The van der Waals surface area contributed by atoms with Crippen molar-refractivity contribution in [2.45, 2.75) is 6.92 Å². The molecule has 27 heavy (non-hydrogen) atoms. The fraction of sp³-hybridized carbons (Fsp3) is 0.300. The van der Waals surface area contributed by atoms with Crippen LogP contribution in [-0.2, 0) is 0 Å². The summed E-state index contributed by atoms with van der Waals surface area (Å²) < 4.78 is 5.39. The largest absolute Gasteiger partial charge is 0.494 e. The number of anilines is 2. The van der Waals surface area contributed by atoms with E-state index in [0.717, 1.165) is 30.2 Å². The Morgan fingerprint density at radius 3 is 2.19 bits per heavy atom. The van der Waals surface area contributed by atoms with Crippen molar-refractivity contribution < 1.29 is 14.4 Å². The second kappa shape index (κ2) is 10.5. The minimum absolute atomic E-state index is 0.166. The molecule has 2 aromatic rings. The van der Waals surface area contributed by atoms with Gasteiger partial charge in [-0.25, -0.2) is 0 Å². The molecule has 0 aliphatic carbocycles.